The van der Waals surface area contributed by atoms with E-state index < -0.39 is 0 Å². The first-order valence-electron chi connectivity index (χ1n) is 9.30. The summed E-state index contributed by atoms with van der Waals surface area (Å²) in [5.41, 5.74) is 3.10. The third-order valence-corrected chi connectivity index (χ3v) is 4.65. The average Bonchev–Trinajstić information content (AvgIpc) is 2.58. The van der Waals surface area contributed by atoms with Gasteiger partial charge in [-0.05, 0) is 58.4 Å². The fraction of sp³-hybridized carbons (Fsp3) is 0.600. The standard InChI is InChI=1S/C20H33N3O2/c1-7-21(8-2)18-11-12-19(16(5)15-18)23(17(6)24)14-13-20(25)22(9-3)10-4/h11-12,15H,7-10,13-14H2,1-6H3. The molecule has 0 heterocycles. The van der Waals surface area contributed by atoms with E-state index in [0.29, 0.717) is 26.1 Å². The highest BCUT2D eigenvalue weighted by Crippen LogP contribution is 2.26. The van der Waals surface area contributed by atoms with Crippen molar-refractivity contribution in [2.75, 3.05) is 42.5 Å². The number of nitrogens with zero attached hydrogens (tertiary/aromatic N) is 3. The Morgan fingerprint density at radius 3 is 2.00 bits per heavy atom. The molecule has 0 aliphatic heterocycles. The van der Waals surface area contributed by atoms with Crippen LogP contribution in [0.4, 0.5) is 11.4 Å². The Bertz CT molecular complexity index is 578. The van der Waals surface area contributed by atoms with Gasteiger partial charge in [0.1, 0.15) is 0 Å². The van der Waals surface area contributed by atoms with Gasteiger partial charge in [-0.2, -0.15) is 0 Å². The fourth-order valence-electron chi connectivity index (χ4n) is 3.12. The molecule has 0 atom stereocenters. The zero-order valence-electron chi connectivity index (χ0n) is 16.6. The molecule has 0 saturated carbocycles. The quantitative estimate of drug-likeness (QED) is 0.687. The van der Waals surface area contributed by atoms with Gasteiger partial charge in [-0.3, -0.25) is 9.59 Å². The van der Waals surface area contributed by atoms with Crippen LogP contribution in [0.25, 0.3) is 0 Å². The van der Waals surface area contributed by atoms with E-state index >= 15 is 0 Å². The van der Waals surface area contributed by atoms with Crippen molar-refractivity contribution in [3.05, 3.63) is 23.8 Å². The van der Waals surface area contributed by atoms with Crippen LogP contribution in [-0.4, -0.2) is 49.4 Å². The third-order valence-electron chi connectivity index (χ3n) is 4.65. The lowest BCUT2D eigenvalue weighted by atomic mass is 10.1. The second kappa shape index (κ2) is 10.1. The molecule has 0 N–H and O–H groups in total. The van der Waals surface area contributed by atoms with Gasteiger partial charge in [0.25, 0.3) is 0 Å². The zero-order chi connectivity index (χ0) is 19.0. The van der Waals surface area contributed by atoms with Gasteiger partial charge >= 0.3 is 0 Å². The summed E-state index contributed by atoms with van der Waals surface area (Å²) in [6, 6.07) is 6.16. The van der Waals surface area contributed by atoms with Crippen LogP contribution >= 0.6 is 0 Å². The summed E-state index contributed by atoms with van der Waals surface area (Å²) in [6.07, 6.45) is 0.346. The summed E-state index contributed by atoms with van der Waals surface area (Å²) in [7, 11) is 0. The summed E-state index contributed by atoms with van der Waals surface area (Å²) in [4.78, 5) is 30.2. The van der Waals surface area contributed by atoms with E-state index in [1.165, 1.54) is 0 Å². The second-order valence-electron chi connectivity index (χ2n) is 6.13. The van der Waals surface area contributed by atoms with Crippen molar-refractivity contribution >= 4 is 23.2 Å². The molecule has 25 heavy (non-hydrogen) atoms. The molecular formula is C20H33N3O2. The van der Waals surface area contributed by atoms with Gasteiger partial charge < -0.3 is 14.7 Å². The smallest absolute Gasteiger partial charge is 0.224 e. The Kier molecular flexibility index (Phi) is 8.46. The van der Waals surface area contributed by atoms with Gasteiger partial charge in [0.05, 0.1) is 0 Å². The van der Waals surface area contributed by atoms with Crippen LogP contribution in [0, 0.1) is 6.92 Å². The molecule has 0 radical (unpaired) electrons. The van der Waals surface area contributed by atoms with Gasteiger partial charge in [-0.25, -0.2) is 0 Å². The Morgan fingerprint density at radius 1 is 0.960 bits per heavy atom. The number of carbonyl (C=O) groups excluding carboxylic acids is 2. The normalized spacial score (nSPS) is 10.5. The maximum atomic E-state index is 12.3. The number of carbonyl (C=O) groups is 2. The molecule has 0 aromatic heterocycles. The largest absolute Gasteiger partial charge is 0.372 e. The van der Waals surface area contributed by atoms with Crippen molar-refractivity contribution in [2.24, 2.45) is 0 Å². The topological polar surface area (TPSA) is 43.9 Å². The average molecular weight is 348 g/mol. The van der Waals surface area contributed by atoms with Crippen molar-refractivity contribution in [2.45, 2.75) is 48.0 Å². The van der Waals surface area contributed by atoms with E-state index in [1.54, 1.807) is 16.7 Å². The highest BCUT2D eigenvalue weighted by molar-refractivity contribution is 5.93. The predicted octanol–water partition coefficient (Wildman–Crippen LogP) is 3.45. The summed E-state index contributed by atoms with van der Waals surface area (Å²) in [5, 5.41) is 0. The van der Waals surface area contributed by atoms with Crippen LogP contribution in [0.5, 0.6) is 0 Å². The monoisotopic (exact) mass is 347 g/mol. The van der Waals surface area contributed by atoms with E-state index in [2.05, 4.69) is 30.9 Å². The van der Waals surface area contributed by atoms with Crippen LogP contribution in [0.2, 0.25) is 0 Å². The molecular weight excluding hydrogens is 314 g/mol. The van der Waals surface area contributed by atoms with Crippen molar-refractivity contribution in [3.8, 4) is 0 Å². The molecule has 1 aromatic carbocycles. The van der Waals surface area contributed by atoms with Gasteiger partial charge in [-0.15, -0.1) is 0 Å². The Morgan fingerprint density at radius 2 is 1.56 bits per heavy atom. The van der Waals surface area contributed by atoms with Crippen LogP contribution in [0.15, 0.2) is 18.2 Å². The number of hydrogen-bond donors (Lipinski definition) is 0. The Labute approximate surface area is 152 Å². The van der Waals surface area contributed by atoms with E-state index in [9.17, 15) is 9.59 Å². The van der Waals surface area contributed by atoms with Gasteiger partial charge in [0.15, 0.2) is 0 Å². The molecule has 140 valence electrons. The number of aryl methyl sites for hydroxylation is 1. The summed E-state index contributed by atoms with van der Waals surface area (Å²) >= 11 is 0. The molecule has 0 saturated heterocycles. The highest BCUT2D eigenvalue weighted by atomic mass is 16.2. The lowest BCUT2D eigenvalue weighted by Crippen LogP contribution is -2.36. The minimum atomic E-state index is -0.0361. The molecule has 0 bridgehead atoms. The SMILES string of the molecule is CCN(CC)C(=O)CCN(C(C)=O)c1ccc(N(CC)CC)cc1C. The third kappa shape index (κ3) is 5.48. The summed E-state index contributed by atoms with van der Waals surface area (Å²) in [5.74, 6) is 0.0553. The number of hydrogen-bond acceptors (Lipinski definition) is 3. The molecule has 1 aromatic rings. The Balaban J connectivity index is 2.96. The van der Waals surface area contributed by atoms with Crippen molar-refractivity contribution in [1.29, 1.82) is 0 Å². The second-order valence-corrected chi connectivity index (χ2v) is 6.13. The van der Waals surface area contributed by atoms with E-state index in [4.69, 9.17) is 0 Å². The van der Waals surface area contributed by atoms with Crippen molar-refractivity contribution < 1.29 is 9.59 Å². The Hall–Kier alpha value is -2.04. The lowest BCUT2D eigenvalue weighted by Gasteiger charge is -2.27. The van der Waals surface area contributed by atoms with Gasteiger partial charge in [-0.1, -0.05) is 0 Å². The van der Waals surface area contributed by atoms with E-state index in [1.807, 2.05) is 26.8 Å². The van der Waals surface area contributed by atoms with Gasteiger partial charge in [0.2, 0.25) is 11.8 Å². The number of anilines is 2. The molecule has 0 fully saturated rings. The fourth-order valence-corrected chi connectivity index (χ4v) is 3.12. The van der Waals surface area contributed by atoms with E-state index in [-0.39, 0.29) is 11.8 Å². The molecule has 0 aliphatic carbocycles. The molecule has 5 heteroatoms. The molecule has 2 amide bonds. The highest BCUT2D eigenvalue weighted by Gasteiger charge is 2.18. The molecule has 0 spiro atoms. The molecule has 0 unspecified atom stereocenters. The molecule has 0 aliphatic rings. The first-order valence-corrected chi connectivity index (χ1v) is 9.30. The first-order chi connectivity index (χ1) is 11.9. The van der Waals surface area contributed by atoms with Crippen LogP contribution in [-0.2, 0) is 9.59 Å². The van der Waals surface area contributed by atoms with Crippen LogP contribution in [0.3, 0.4) is 0 Å². The van der Waals surface area contributed by atoms with Crippen molar-refractivity contribution in [3.63, 3.8) is 0 Å². The summed E-state index contributed by atoms with van der Waals surface area (Å²) in [6.45, 7) is 15.5. The summed E-state index contributed by atoms with van der Waals surface area (Å²) < 4.78 is 0. The van der Waals surface area contributed by atoms with Gasteiger partial charge in [0, 0.05) is 57.4 Å². The van der Waals surface area contributed by atoms with E-state index in [0.717, 1.165) is 30.0 Å². The van der Waals surface area contributed by atoms with Crippen LogP contribution in [0.1, 0.15) is 46.6 Å². The first kappa shape index (κ1) is 21.0. The maximum Gasteiger partial charge on any atom is 0.224 e. The molecule has 5 nitrogen and oxygen atoms in total. The minimum absolute atomic E-state index is 0.0361. The maximum absolute atomic E-state index is 12.3. The van der Waals surface area contributed by atoms with Crippen molar-refractivity contribution in [1.82, 2.24) is 4.90 Å². The minimum Gasteiger partial charge on any atom is -0.372 e. The zero-order valence-corrected chi connectivity index (χ0v) is 16.6. The molecule has 1 rings (SSSR count). The van der Waals surface area contributed by atoms with Crippen LogP contribution < -0.4 is 9.80 Å². The lowest BCUT2D eigenvalue weighted by molar-refractivity contribution is -0.130. The number of amides is 2. The number of rotatable bonds is 9. The predicted molar refractivity (Wildman–Crippen MR) is 105 cm³/mol. The number of benzene rings is 1.